The minimum atomic E-state index is -1.01. The van der Waals surface area contributed by atoms with E-state index < -0.39 is 12.0 Å². The molecule has 2 aromatic carbocycles. The molecule has 3 rings (SSSR count). The van der Waals surface area contributed by atoms with Crippen LogP contribution in [0.2, 0.25) is 0 Å². The van der Waals surface area contributed by atoms with Gasteiger partial charge in [0.2, 0.25) is 5.91 Å². The number of H-pyrrole nitrogens is 1. The maximum absolute atomic E-state index is 11.8. The number of nitrogens with zero attached hydrogens (tertiary/aromatic N) is 1. The van der Waals surface area contributed by atoms with Crippen LogP contribution in [-0.4, -0.2) is 34.2 Å². The second-order valence-corrected chi connectivity index (χ2v) is 7.77. The number of aromatic amines is 1. The lowest BCUT2D eigenvalue weighted by Gasteiger charge is -2.08. The first-order valence-electron chi connectivity index (χ1n) is 9.66. The molecular formula is C22H21BrN4O4. The number of nitrogens with one attached hydrogen (secondary N) is 3. The summed E-state index contributed by atoms with van der Waals surface area (Å²) in [5, 5.41) is 16.4. The number of unbranched alkanes of at least 4 members (excludes halogenated alkanes) is 1. The van der Waals surface area contributed by atoms with Crippen molar-refractivity contribution in [2.24, 2.45) is 5.10 Å². The van der Waals surface area contributed by atoms with Gasteiger partial charge in [-0.05, 0) is 47.9 Å². The van der Waals surface area contributed by atoms with Crippen LogP contribution in [0.3, 0.4) is 0 Å². The molecule has 0 bridgehead atoms. The maximum atomic E-state index is 11.8. The third kappa shape index (κ3) is 5.58. The summed E-state index contributed by atoms with van der Waals surface area (Å²) in [7, 11) is 0. The van der Waals surface area contributed by atoms with Crippen molar-refractivity contribution in [2.45, 2.75) is 26.2 Å². The fourth-order valence-electron chi connectivity index (χ4n) is 3.07. The zero-order valence-corrected chi connectivity index (χ0v) is 18.3. The third-order valence-electron chi connectivity index (χ3n) is 4.62. The van der Waals surface area contributed by atoms with Gasteiger partial charge in [-0.1, -0.05) is 35.3 Å². The highest BCUT2D eigenvalue weighted by Crippen LogP contribution is 2.30. The Morgan fingerprint density at radius 2 is 2.00 bits per heavy atom. The van der Waals surface area contributed by atoms with Gasteiger partial charge in [0.25, 0.3) is 0 Å². The summed E-state index contributed by atoms with van der Waals surface area (Å²) in [4.78, 5) is 38.1. The average Bonchev–Trinajstić information content (AvgIpc) is 3.14. The van der Waals surface area contributed by atoms with E-state index in [9.17, 15) is 19.5 Å². The van der Waals surface area contributed by atoms with Gasteiger partial charge in [0, 0.05) is 33.6 Å². The third-order valence-corrected chi connectivity index (χ3v) is 5.11. The van der Waals surface area contributed by atoms with Gasteiger partial charge in [-0.2, -0.15) is 5.10 Å². The van der Waals surface area contributed by atoms with E-state index in [2.05, 4.69) is 36.8 Å². The molecule has 4 N–H and O–H groups in total. The molecule has 0 aliphatic carbocycles. The second kappa shape index (κ2) is 10.0. The summed E-state index contributed by atoms with van der Waals surface area (Å²) in [6.07, 6.45) is 5.04. The Hall–Kier alpha value is -3.46. The van der Waals surface area contributed by atoms with Crippen molar-refractivity contribution in [1.82, 2.24) is 15.7 Å². The standard InChI is InChI=1S/C22H21BrN4O4/c1-2-3-4-20(28)26-22(31)27-25-12-14-11-24-19-8-5-13(9-18(14)19)17-10-15(23)6-7-16(17)21(29)30/h5-12,24H,2-4H2,1H3,(H,29,30)(H2,26,27,28,31)/b25-12+. The maximum Gasteiger partial charge on any atom is 0.341 e. The van der Waals surface area contributed by atoms with Gasteiger partial charge in [0.1, 0.15) is 0 Å². The van der Waals surface area contributed by atoms with E-state index >= 15 is 0 Å². The Labute approximate surface area is 186 Å². The molecule has 9 heteroatoms. The highest BCUT2D eigenvalue weighted by atomic mass is 79.9. The fraction of sp³-hybridized carbons (Fsp3) is 0.182. The van der Waals surface area contributed by atoms with E-state index in [1.165, 1.54) is 6.21 Å². The normalized spacial score (nSPS) is 11.0. The number of carbonyl (C=O) groups is 3. The molecule has 8 nitrogen and oxygen atoms in total. The first-order chi connectivity index (χ1) is 14.9. The van der Waals surface area contributed by atoms with Crippen molar-refractivity contribution in [2.75, 3.05) is 0 Å². The van der Waals surface area contributed by atoms with E-state index in [0.29, 0.717) is 17.5 Å². The number of carboxylic acid groups (broad SMARTS) is 1. The number of aromatic nitrogens is 1. The van der Waals surface area contributed by atoms with Gasteiger partial charge in [0.05, 0.1) is 11.8 Å². The number of amides is 3. The second-order valence-electron chi connectivity index (χ2n) is 6.85. The summed E-state index contributed by atoms with van der Waals surface area (Å²) >= 11 is 3.39. The Morgan fingerprint density at radius 1 is 1.19 bits per heavy atom. The van der Waals surface area contributed by atoms with Crippen LogP contribution in [0.25, 0.3) is 22.0 Å². The summed E-state index contributed by atoms with van der Waals surface area (Å²) in [6, 6.07) is 9.84. The molecule has 3 amide bonds. The van der Waals surface area contributed by atoms with Gasteiger partial charge >= 0.3 is 12.0 Å². The van der Waals surface area contributed by atoms with Gasteiger partial charge in [-0.3, -0.25) is 10.1 Å². The highest BCUT2D eigenvalue weighted by molar-refractivity contribution is 9.10. The SMILES string of the molecule is CCCCC(=O)NC(=O)N/N=C/c1c[nH]c2ccc(-c3cc(Br)ccc3C(=O)O)cc12. The average molecular weight is 485 g/mol. The number of aromatic carboxylic acids is 1. The van der Waals surface area contributed by atoms with Gasteiger partial charge in [0.15, 0.2) is 0 Å². The van der Waals surface area contributed by atoms with Crippen molar-refractivity contribution in [3.05, 3.63) is 58.2 Å². The molecule has 0 saturated carbocycles. The van der Waals surface area contributed by atoms with E-state index in [1.54, 1.807) is 24.4 Å². The molecule has 160 valence electrons. The van der Waals surface area contributed by atoms with Crippen molar-refractivity contribution in [3.63, 3.8) is 0 Å². The number of fused-ring (bicyclic) bond motifs is 1. The van der Waals surface area contributed by atoms with Crippen molar-refractivity contribution in [3.8, 4) is 11.1 Å². The zero-order chi connectivity index (χ0) is 22.4. The van der Waals surface area contributed by atoms with Crippen LogP contribution in [0.1, 0.15) is 42.1 Å². The van der Waals surface area contributed by atoms with E-state index in [1.807, 2.05) is 25.1 Å². The number of halogens is 1. The smallest absolute Gasteiger partial charge is 0.341 e. The molecule has 0 unspecified atom stereocenters. The molecule has 0 fully saturated rings. The number of hydrogen-bond acceptors (Lipinski definition) is 4. The summed E-state index contributed by atoms with van der Waals surface area (Å²) in [5.41, 5.74) is 5.30. The molecular weight excluding hydrogens is 464 g/mol. The first-order valence-corrected chi connectivity index (χ1v) is 10.5. The Bertz CT molecular complexity index is 1170. The molecule has 3 aromatic rings. The Balaban J connectivity index is 1.81. The highest BCUT2D eigenvalue weighted by Gasteiger charge is 2.14. The Kier molecular flexibility index (Phi) is 7.19. The number of urea groups is 1. The fourth-order valence-corrected chi connectivity index (χ4v) is 3.43. The lowest BCUT2D eigenvalue weighted by atomic mass is 9.98. The van der Waals surface area contributed by atoms with Crippen molar-refractivity contribution in [1.29, 1.82) is 0 Å². The minimum absolute atomic E-state index is 0.194. The molecule has 1 aromatic heterocycles. The zero-order valence-electron chi connectivity index (χ0n) is 16.7. The molecule has 31 heavy (non-hydrogen) atoms. The first kappa shape index (κ1) is 22.2. The topological polar surface area (TPSA) is 124 Å². The quantitative estimate of drug-likeness (QED) is 0.287. The largest absolute Gasteiger partial charge is 0.478 e. The van der Waals surface area contributed by atoms with Crippen LogP contribution in [0.4, 0.5) is 4.79 Å². The van der Waals surface area contributed by atoms with Crippen LogP contribution >= 0.6 is 15.9 Å². The number of hydrazone groups is 1. The number of carboxylic acids is 1. The van der Waals surface area contributed by atoms with Crippen LogP contribution in [0.5, 0.6) is 0 Å². The minimum Gasteiger partial charge on any atom is -0.478 e. The molecule has 0 aliphatic rings. The molecule has 0 radical (unpaired) electrons. The summed E-state index contributed by atoms with van der Waals surface area (Å²) < 4.78 is 0.771. The predicted octanol–water partition coefficient (Wildman–Crippen LogP) is 4.65. The lowest BCUT2D eigenvalue weighted by molar-refractivity contribution is -0.120. The molecule has 0 saturated heterocycles. The van der Waals surface area contributed by atoms with Gasteiger partial charge in [-0.25, -0.2) is 15.0 Å². The van der Waals surface area contributed by atoms with Gasteiger partial charge < -0.3 is 10.1 Å². The Morgan fingerprint density at radius 3 is 2.74 bits per heavy atom. The van der Waals surface area contributed by atoms with Crippen LogP contribution in [-0.2, 0) is 4.79 Å². The monoisotopic (exact) mass is 484 g/mol. The predicted molar refractivity (Wildman–Crippen MR) is 122 cm³/mol. The summed E-state index contributed by atoms with van der Waals surface area (Å²) in [5.74, 6) is -1.36. The number of imide groups is 1. The van der Waals surface area contributed by atoms with E-state index in [0.717, 1.165) is 27.4 Å². The van der Waals surface area contributed by atoms with Crippen LogP contribution in [0.15, 0.2) is 52.2 Å². The molecule has 1 heterocycles. The van der Waals surface area contributed by atoms with Crippen LogP contribution in [0, 0.1) is 0 Å². The lowest BCUT2D eigenvalue weighted by Crippen LogP contribution is -2.36. The number of benzene rings is 2. The molecule has 0 spiro atoms. The van der Waals surface area contributed by atoms with Crippen molar-refractivity contribution < 1.29 is 19.5 Å². The van der Waals surface area contributed by atoms with Crippen LogP contribution < -0.4 is 10.7 Å². The van der Waals surface area contributed by atoms with Crippen molar-refractivity contribution >= 4 is 51.0 Å². The van der Waals surface area contributed by atoms with E-state index in [-0.39, 0.29) is 17.9 Å². The van der Waals surface area contributed by atoms with E-state index in [4.69, 9.17) is 0 Å². The number of rotatable bonds is 7. The van der Waals surface area contributed by atoms with Gasteiger partial charge in [-0.15, -0.1) is 0 Å². The summed E-state index contributed by atoms with van der Waals surface area (Å²) in [6.45, 7) is 1.96. The number of carbonyl (C=O) groups excluding carboxylic acids is 2. The number of hydrogen-bond donors (Lipinski definition) is 4. The molecule has 0 aliphatic heterocycles. The molecule has 0 atom stereocenters.